The number of nitrogens with one attached hydrogen (secondary N) is 2. The van der Waals surface area contributed by atoms with E-state index in [9.17, 15) is 0 Å². The van der Waals surface area contributed by atoms with Crippen LogP contribution in [0.25, 0.3) is 0 Å². The van der Waals surface area contributed by atoms with Gasteiger partial charge in [0.1, 0.15) is 6.23 Å². The third kappa shape index (κ3) is 6.01. The summed E-state index contributed by atoms with van der Waals surface area (Å²) in [6.45, 7) is 7.99. The maximum atomic E-state index is 5.16. The van der Waals surface area contributed by atoms with E-state index in [-0.39, 0.29) is 6.23 Å². The number of hydrogen-bond acceptors (Lipinski definition) is 3. The molecular formula is C7H18N2O. The molecule has 0 saturated carbocycles. The van der Waals surface area contributed by atoms with Crippen LogP contribution in [0.4, 0.5) is 0 Å². The third-order valence-electron chi connectivity index (χ3n) is 1.10. The largest absolute Gasteiger partial charge is 0.291 e. The second-order valence-corrected chi connectivity index (χ2v) is 2.21. The monoisotopic (exact) mass is 146 g/mol. The fourth-order valence-corrected chi connectivity index (χ4v) is 0.615. The van der Waals surface area contributed by atoms with Crippen molar-refractivity contribution in [2.24, 2.45) is 0 Å². The molecule has 0 aromatic heterocycles. The number of rotatable bonds is 6. The van der Waals surface area contributed by atoms with Gasteiger partial charge in [-0.3, -0.25) is 10.2 Å². The van der Waals surface area contributed by atoms with Gasteiger partial charge in [0.15, 0.2) is 0 Å². The molecule has 2 N–H and O–H groups in total. The molecule has 10 heavy (non-hydrogen) atoms. The van der Waals surface area contributed by atoms with Crippen molar-refractivity contribution in [3.63, 3.8) is 0 Å². The fourth-order valence-electron chi connectivity index (χ4n) is 0.615. The molecule has 0 saturated heterocycles. The van der Waals surface area contributed by atoms with Gasteiger partial charge in [-0.2, -0.15) is 0 Å². The highest BCUT2D eigenvalue weighted by molar-refractivity contribution is 4.41. The minimum absolute atomic E-state index is 0.108. The molecule has 0 amide bonds. The summed E-state index contributed by atoms with van der Waals surface area (Å²) in [6, 6.07) is 0. The summed E-state index contributed by atoms with van der Waals surface area (Å²) in [5.41, 5.74) is 2.86. The molecule has 0 aliphatic heterocycles. The van der Waals surface area contributed by atoms with Crippen LogP contribution in [0.1, 0.15) is 27.2 Å². The van der Waals surface area contributed by atoms with E-state index in [0.717, 1.165) is 19.5 Å². The Hall–Kier alpha value is -0.120. The second-order valence-electron chi connectivity index (χ2n) is 2.21. The minimum Gasteiger partial charge on any atom is -0.291 e. The molecule has 3 heteroatoms. The first-order chi connectivity index (χ1) is 4.81. The van der Waals surface area contributed by atoms with Crippen molar-refractivity contribution in [3.05, 3.63) is 0 Å². The van der Waals surface area contributed by atoms with Crippen molar-refractivity contribution in [3.8, 4) is 0 Å². The highest BCUT2D eigenvalue weighted by Crippen LogP contribution is 1.80. The highest BCUT2D eigenvalue weighted by Gasteiger charge is 1.95. The lowest BCUT2D eigenvalue weighted by atomic mass is 10.5. The lowest BCUT2D eigenvalue weighted by molar-refractivity contribution is -0.0309. The Kier molecular flexibility index (Phi) is 6.91. The van der Waals surface area contributed by atoms with E-state index in [1.165, 1.54) is 0 Å². The lowest BCUT2D eigenvalue weighted by Crippen LogP contribution is -2.34. The first-order valence-corrected chi connectivity index (χ1v) is 3.93. The zero-order valence-electron chi connectivity index (χ0n) is 7.11. The van der Waals surface area contributed by atoms with Gasteiger partial charge < -0.3 is 0 Å². The van der Waals surface area contributed by atoms with Crippen LogP contribution >= 0.6 is 0 Å². The predicted octanol–water partition coefficient (Wildman–Crippen LogP) is 0.873. The Morgan fingerprint density at radius 1 is 1.40 bits per heavy atom. The number of hydrogen-bond donors (Lipinski definition) is 2. The summed E-state index contributed by atoms with van der Waals surface area (Å²) in [5.74, 6) is 0. The van der Waals surface area contributed by atoms with Crippen LogP contribution in [-0.4, -0.2) is 19.3 Å². The van der Waals surface area contributed by atoms with Crippen LogP contribution in [0.5, 0.6) is 0 Å². The molecule has 0 aromatic rings. The van der Waals surface area contributed by atoms with Gasteiger partial charge in [-0.1, -0.05) is 13.8 Å². The molecule has 0 rings (SSSR count). The Morgan fingerprint density at radius 3 is 2.60 bits per heavy atom. The summed E-state index contributed by atoms with van der Waals surface area (Å²) >= 11 is 0. The zero-order chi connectivity index (χ0) is 7.82. The first kappa shape index (κ1) is 9.88. The molecule has 0 aliphatic rings. The quantitative estimate of drug-likeness (QED) is 0.331. The third-order valence-corrected chi connectivity index (χ3v) is 1.10. The van der Waals surface area contributed by atoms with Gasteiger partial charge in [0, 0.05) is 6.54 Å². The van der Waals surface area contributed by atoms with Crippen LogP contribution in [0, 0.1) is 0 Å². The van der Waals surface area contributed by atoms with Gasteiger partial charge in [-0.25, -0.2) is 5.48 Å². The normalized spacial score (nSPS) is 13.5. The molecule has 1 unspecified atom stereocenters. The van der Waals surface area contributed by atoms with Gasteiger partial charge in [-0.05, 0) is 19.9 Å². The van der Waals surface area contributed by atoms with Gasteiger partial charge in [0.25, 0.3) is 0 Å². The van der Waals surface area contributed by atoms with E-state index in [1.54, 1.807) is 0 Å². The maximum absolute atomic E-state index is 5.16. The standard InChI is InChI=1S/C7H18N2O/c1-4-6-9-10-7(3)8-5-2/h7-9H,4-6H2,1-3H3. The Bertz CT molecular complexity index is 68.6. The van der Waals surface area contributed by atoms with Crippen LogP contribution in [-0.2, 0) is 4.84 Å². The summed E-state index contributed by atoms with van der Waals surface area (Å²) in [7, 11) is 0. The van der Waals surface area contributed by atoms with Crippen molar-refractivity contribution < 1.29 is 4.84 Å². The van der Waals surface area contributed by atoms with Crippen molar-refractivity contribution in [1.82, 2.24) is 10.8 Å². The van der Waals surface area contributed by atoms with E-state index >= 15 is 0 Å². The van der Waals surface area contributed by atoms with Crippen molar-refractivity contribution in [2.75, 3.05) is 13.1 Å². The highest BCUT2D eigenvalue weighted by atomic mass is 16.7. The summed E-state index contributed by atoms with van der Waals surface area (Å²) in [6.07, 6.45) is 1.20. The predicted molar refractivity (Wildman–Crippen MR) is 42.5 cm³/mol. The number of hydroxylamine groups is 1. The Labute approximate surface area is 63.1 Å². The van der Waals surface area contributed by atoms with E-state index in [4.69, 9.17) is 4.84 Å². The van der Waals surface area contributed by atoms with E-state index in [2.05, 4.69) is 24.6 Å². The van der Waals surface area contributed by atoms with Gasteiger partial charge >= 0.3 is 0 Å². The maximum Gasteiger partial charge on any atom is 0.126 e. The fraction of sp³-hybridized carbons (Fsp3) is 1.00. The Morgan fingerprint density at radius 2 is 2.10 bits per heavy atom. The SMILES string of the molecule is CCCNOC(C)NCC. The van der Waals surface area contributed by atoms with E-state index < -0.39 is 0 Å². The molecule has 3 nitrogen and oxygen atoms in total. The first-order valence-electron chi connectivity index (χ1n) is 3.93. The summed E-state index contributed by atoms with van der Waals surface area (Å²) in [4.78, 5) is 5.16. The molecule has 0 bridgehead atoms. The lowest BCUT2D eigenvalue weighted by Gasteiger charge is -2.12. The topological polar surface area (TPSA) is 33.3 Å². The van der Waals surface area contributed by atoms with Crippen LogP contribution < -0.4 is 10.8 Å². The smallest absolute Gasteiger partial charge is 0.126 e. The molecule has 0 aromatic carbocycles. The molecule has 0 fully saturated rings. The molecular weight excluding hydrogens is 128 g/mol. The summed E-state index contributed by atoms with van der Waals surface area (Å²) < 4.78 is 0. The average Bonchev–Trinajstić information content (AvgIpc) is 1.89. The molecule has 0 heterocycles. The van der Waals surface area contributed by atoms with Gasteiger partial charge in [0.2, 0.25) is 0 Å². The molecule has 0 radical (unpaired) electrons. The molecule has 62 valence electrons. The minimum atomic E-state index is 0.108. The van der Waals surface area contributed by atoms with Crippen molar-refractivity contribution in [2.45, 2.75) is 33.4 Å². The van der Waals surface area contributed by atoms with Crippen molar-refractivity contribution >= 4 is 0 Å². The van der Waals surface area contributed by atoms with Crippen LogP contribution in [0.15, 0.2) is 0 Å². The van der Waals surface area contributed by atoms with Crippen LogP contribution in [0.2, 0.25) is 0 Å². The van der Waals surface area contributed by atoms with Gasteiger partial charge in [-0.15, -0.1) is 0 Å². The van der Waals surface area contributed by atoms with Crippen molar-refractivity contribution in [1.29, 1.82) is 0 Å². The zero-order valence-corrected chi connectivity index (χ0v) is 7.11. The van der Waals surface area contributed by atoms with E-state index in [0.29, 0.717) is 0 Å². The summed E-state index contributed by atoms with van der Waals surface area (Å²) in [5, 5.41) is 3.12. The molecule has 0 aliphatic carbocycles. The Balaban J connectivity index is 2.97. The molecule has 0 spiro atoms. The average molecular weight is 146 g/mol. The van der Waals surface area contributed by atoms with Gasteiger partial charge in [0.05, 0.1) is 0 Å². The second kappa shape index (κ2) is 6.99. The van der Waals surface area contributed by atoms with Crippen LogP contribution in [0.3, 0.4) is 0 Å². The molecule has 1 atom stereocenters. The van der Waals surface area contributed by atoms with E-state index in [1.807, 2.05) is 6.92 Å².